The summed E-state index contributed by atoms with van der Waals surface area (Å²) in [5.74, 6) is 0.389. The highest BCUT2D eigenvalue weighted by molar-refractivity contribution is 7.99. The average molecular weight is 389 g/mol. The number of ether oxygens (including phenoxy) is 1. The third kappa shape index (κ3) is 4.61. The van der Waals surface area contributed by atoms with Gasteiger partial charge in [0.2, 0.25) is 5.91 Å². The molecule has 0 bridgehead atoms. The minimum atomic E-state index is -1.33. The van der Waals surface area contributed by atoms with Crippen LogP contribution < -0.4 is 5.32 Å². The molecule has 8 heteroatoms. The lowest BCUT2D eigenvalue weighted by Gasteiger charge is -2.41. The van der Waals surface area contributed by atoms with E-state index in [1.165, 1.54) is 11.8 Å². The van der Waals surface area contributed by atoms with Crippen LogP contribution in [-0.2, 0) is 9.53 Å². The largest absolute Gasteiger partial charge is 0.387 e. The van der Waals surface area contributed by atoms with Gasteiger partial charge in [0.05, 0.1) is 6.04 Å². The fraction of sp³-hybridized carbons (Fsp3) is 0.833. The van der Waals surface area contributed by atoms with Gasteiger partial charge in [0.25, 0.3) is 0 Å². The fourth-order valence-corrected chi connectivity index (χ4v) is 4.53. The zero-order valence-electron chi connectivity index (χ0n) is 16.0. The number of likely N-dealkylation sites (tertiary alicyclic amines) is 1. The minimum Gasteiger partial charge on any atom is -0.387 e. The Bertz CT molecular complexity index is 516. The van der Waals surface area contributed by atoms with Crippen LogP contribution in [0, 0.1) is 5.92 Å². The van der Waals surface area contributed by atoms with Gasteiger partial charge in [-0.05, 0) is 39.0 Å². The van der Waals surface area contributed by atoms with Crippen molar-refractivity contribution < 1.29 is 24.9 Å². The van der Waals surface area contributed by atoms with Crippen LogP contribution in [0.1, 0.15) is 33.1 Å². The molecule has 2 aliphatic heterocycles. The summed E-state index contributed by atoms with van der Waals surface area (Å²) in [6, 6.07) is -0.214. The Kier molecular flexibility index (Phi) is 7.93. The molecule has 2 aliphatic rings. The van der Waals surface area contributed by atoms with Crippen molar-refractivity contribution in [1.29, 1.82) is 0 Å². The molecule has 2 unspecified atom stereocenters. The fourth-order valence-electron chi connectivity index (χ4n) is 3.86. The molecule has 0 aromatic carbocycles. The third-order valence-corrected chi connectivity index (χ3v) is 6.18. The summed E-state index contributed by atoms with van der Waals surface area (Å²) >= 11 is 1.25. The van der Waals surface area contributed by atoms with E-state index < -0.39 is 29.9 Å². The highest BCUT2D eigenvalue weighted by Crippen LogP contribution is 2.30. The van der Waals surface area contributed by atoms with Crippen molar-refractivity contribution in [2.75, 3.05) is 19.8 Å². The highest BCUT2D eigenvalue weighted by atomic mass is 32.2. The Morgan fingerprint density at radius 3 is 2.58 bits per heavy atom. The molecule has 2 heterocycles. The van der Waals surface area contributed by atoms with Crippen molar-refractivity contribution in [2.24, 2.45) is 5.92 Å². The van der Waals surface area contributed by atoms with Crippen LogP contribution in [-0.4, -0.2) is 81.9 Å². The predicted octanol–water partition coefficient (Wildman–Crippen LogP) is 0.297. The molecule has 26 heavy (non-hydrogen) atoms. The molecule has 2 saturated heterocycles. The predicted molar refractivity (Wildman–Crippen MR) is 102 cm³/mol. The molecular formula is C18H32N2O5S. The van der Waals surface area contributed by atoms with Gasteiger partial charge in [0.15, 0.2) is 0 Å². The Hall–Kier alpha value is -0.640. The van der Waals surface area contributed by atoms with E-state index in [2.05, 4.69) is 17.1 Å². The summed E-state index contributed by atoms with van der Waals surface area (Å²) in [4.78, 5) is 14.8. The number of thioether (sulfide) groups is 1. The summed E-state index contributed by atoms with van der Waals surface area (Å²) in [6.07, 6.45) is 1.74. The van der Waals surface area contributed by atoms with E-state index in [-0.39, 0.29) is 11.9 Å². The van der Waals surface area contributed by atoms with Crippen LogP contribution in [0.5, 0.6) is 0 Å². The van der Waals surface area contributed by atoms with Crippen LogP contribution in [0.2, 0.25) is 0 Å². The summed E-state index contributed by atoms with van der Waals surface area (Å²) in [5, 5.41) is 33.3. The number of carbonyl (C=O) groups excluding carboxylic acids is 1. The lowest BCUT2D eigenvalue weighted by molar-refractivity contribution is -0.188. The van der Waals surface area contributed by atoms with E-state index >= 15 is 0 Å². The molecule has 4 N–H and O–H groups in total. The van der Waals surface area contributed by atoms with Gasteiger partial charge in [-0.3, -0.25) is 9.69 Å². The molecule has 1 amide bonds. The maximum atomic E-state index is 12.8. The summed E-state index contributed by atoms with van der Waals surface area (Å²) in [6.45, 7) is 4.80. The quantitative estimate of drug-likeness (QED) is 0.519. The van der Waals surface area contributed by atoms with Crippen molar-refractivity contribution in [3.05, 3.63) is 11.8 Å². The van der Waals surface area contributed by atoms with Gasteiger partial charge >= 0.3 is 0 Å². The van der Waals surface area contributed by atoms with Gasteiger partial charge in [-0.1, -0.05) is 19.4 Å². The molecule has 0 aromatic heterocycles. The van der Waals surface area contributed by atoms with Crippen molar-refractivity contribution in [3.63, 3.8) is 0 Å². The van der Waals surface area contributed by atoms with Crippen LogP contribution in [0.25, 0.3) is 0 Å². The van der Waals surface area contributed by atoms with E-state index in [1.54, 1.807) is 19.3 Å². The van der Waals surface area contributed by atoms with Crippen LogP contribution in [0.15, 0.2) is 11.8 Å². The molecule has 0 radical (unpaired) electrons. The lowest BCUT2D eigenvalue weighted by atomic mass is 9.97. The molecule has 150 valence electrons. The van der Waals surface area contributed by atoms with Gasteiger partial charge in [0, 0.05) is 12.2 Å². The first-order valence-electron chi connectivity index (χ1n) is 9.23. The Morgan fingerprint density at radius 2 is 2.00 bits per heavy atom. The Labute approximate surface area is 159 Å². The number of likely N-dealkylation sites (N-methyl/N-ethyl adjacent to an activating group) is 1. The van der Waals surface area contributed by atoms with E-state index in [1.807, 2.05) is 7.05 Å². The zero-order chi connectivity index (χ0) is 19.4. The molecular weight excluding hydrogens is 356 g/mol. The smallest absolute Gasteiger partial charge is 0.241 e. The van der Waals surface area contributed by atoms with Crippen molar-refractivity contribution in [3.8, 4) is 0 Å². The zero-order valence-corrected chi connectivity index (χ0v) is 16.8. The van der Waals surface area contributed by atoms with E-state index in [4.69, 9.17) is 4.74 Å². The normalized spacial score (nSPS) is 39.2. The summed E-state index contributed by atoms with van der Waals surface area (Å²) in [7, 11) is 1.95. The van der Waals surface area contributed by atoms with Gasteiger partial charge in [-0.25, -0.2) is 0 Å². The molecule has 0 spiro atoms. The van der Waals surface area contributed by atoms with E-state index in [9.17, 15) is 20.1 Å². The molecule has 0 saturated carbocycles. The second kappa shape index (κ2) is 9.52. The van der Waals surface area contributed by atoms with Gasteiger partial charge < -0.3 is 25.4 Å². The number of carbonyl (C=O) groups is 1. The average Bonchev–Trinajstić information content (AvgIpc) is 2.99. The number of nitrogens with one attached hydrogen (secondary N) is 1. The highest BCUT2D eigenvalue weighted by Gasteiger charge is 2.45. The molecule has 7 nitrogen and oxygen atoms in total. The van der Waals surface area contributed by atoms with E-state index in [0.717, 1.165) is 25.8 Å². The second-order valence-electron chi connectivity index (χ2n) is 7.21. The first kappa shape index (κ1) is 21.7. The number of allylic oxidation sites excluding steroid dienone is 1. The third-order valence-electron chi connectivity index (χ3n) is 5.32. The number of rotatable bonds is 6. The maximum Gasteiger partial charge on any atom is 0.241 e. The standard InChI is InChI=1S/C18H32N2O5S/c1-5-7-10-8-12(20(3)9-10)17(24)19-11(6-2)16-14(22)13(21)15(23)18(25-16)26-4/h6,10,12-16,18,21-23H,5,7-9H2,1-4H3,(H,19,24)/b11-6-/t10?,12?,13-,14+,15+,16+,18+/m0/s1. The molecule has 0 aliphatic carbocycles. The SMILES string of the molecule is C/C=C(\NC(=O)C1CC(CCC)CN1C)[C@H]1O[C@H](SC)[C@H](O)[C@@H](O)[C@H]1O. The second-order valence-corrected chi connectivity index (χ2v) is 8.15. The van der Waals surface area contributed by atoms with Gasteiger partial charge in [0.1, 0.15) is 29.9 Å². The van der Waals surface area contributed by atoms with Crippen LogP contribution >= 0.6 is 11.8 Å². The number of amides is 1. The number of nitrogens with zero attached hydrogens (tertiary/aromatic N) is 1. The minimum absolute atomic E-state index is 0.128. The first-order chi connectivity index (χ1) is 12.3. The van der Waals surface area contributed by atoms with Gasteiger partial charge in [-0.2, -0.15) is 0 Å². The van der Waals surface area contributed by atoms with Crippen molar-refractivity contribution in [2.45, 2.75) is 69.0 Å². The molecule has 2 rings (SSSR count). The Morgan fingerprint density at radius 1 is 1.31 bits per heavy atom. The number of aliphatic hydroxyl groups is 3. The van der Waals surface area contributed by atoms with Crippen molar-refractivity contribution >= 4 is 17.7 Å². The number of hydrogen-bond donors (Lipinski definition) is 4. The maximum absolute atomic E-state index is 12.8. The molecule has 7 atom stereocenters. The van der Waals surface area contributed by atoms with Crippen LogP contribution in [0.4, 0.5) is 0 Å². The number of aliphatic hydroxyl groups excluding tert-OH is 3. The number of hydrogen-bond acceptors (Lipinski definition) is 7. The molecule has 2 fully saturated rings. The topological polar surface area (TPSA) is 102 Å². The van der Waals surface area contributed by atoms with E-state index in [0.29, 0.717) is 11.6 Å². The summed E-state index contributed by atoms with van der Waals surface area (Å²) in [5.41, 5.74) is -0.256. The Balaban J connectivity index is 2.05. The molecule has 0 aromatic rings. The van der Waals surface area contributed by atoms with Gasteiger partial charge in [-0.15, -0.1) is 11.8 Å². The first-order valence-corrected chi connectivity index (χ1v) is 10.5. The lowest BCUT2D eigenvalue weighted by Crippen LogP contribution is -2.58. The summed E-state index contributed by atoms with van der Waals surface area (Å²) < 4.78 is 5.74. The van der Waals surface area contributed by atoms with Crippen LogP contribution in [0.3, 0.4) is 0 Å². The monoisotopic (exact) mass is 388 g/mol. The van der Waals surface area contributed by atoms with Crippen molar-refractivity contribution in [1.82, 2.24) is 10.2 Å².